The summed E-state index contributed by atoms with van der Waals surface area (Å²) in [7, 11) is 0. The highest BCUT2D eigenvalue weighted by Crippen LogP contribution is 2.43. The molecule has 4 aliphatic rings. The number of hydrogen-bond acceptors (Lipinski definition) is 8. The Morgan fingerprint density at radius 2 is 1.98 bits per heavy atom. The van der Waals surface area contributed by atoms with Gasteiger partial charge in [0, 0.05) is 49.7 Å². The lowest BCUT2D eigenvalue weighted by Crippen LogP contribution is -2.53. The van der Waals surface area contributed by atoms with Crippen LogP contribution in [0.4, 0.5) is 19.0 Å². The molecular weight excluding hydrogens is 581 g/mol. The minimum Gasteiger partial charge on any atom is -0.508 e. The van der Waals surface area contributed by atoms with E-state index in [1.165, 1.54) is 30.5 Å². The number of terminal acetylenes is 1. The van der Waals surface area contributed by atoms with E-state index < -0.39 is 23.3 Å². The first-order valence-corrected chi connectivity index (χ1v) is 14.9. The Morgan fingerprint density at radius 3 is 2.76 bits per heavy atom. The minimum absolute atomic E-state index is 0.0250. The Bertz CT molecular complexity index is 1980. The second kappa shape index (κ2) is 10.2. The van der Waals surface area contributed by atoms with Crippen LogP contribution in [-0.4, -0.2) is 81.5 Å². The van der Waals surface area contributed by atoms with Crippen LogP contribution in [-0.2, 0) is 0 Å². The number of aromatic nitrogens is 3. The topological polar surface area (TPSA) is 86.6 Å². The monoisotopic (exact) mass is 610 g/mol. The molecule has 0 aliphatic carbocycles. The normalized spacial score (nSPS) is 25.8. The summed E-state index contributed by atoms with van der Waals surface area (Å²) in [5.41, 5.74) is 0.301. The quantitative estimate of drug-likeness (QED) is 0.250. The van der Waals surface area contributed by atoms with Crippen molar-refractivity contribution in [1.29, 1.82) is 0 Å². The summed E-state index contributed by atoms with van der Waals surface area (Å²) in [6, 6.07) is 5.33. The number of piperazine rings is 1. The van der Waals surface area contributed by atoms with E-state index in [1.54, 1.807) is 0 Å². The van der Waals surface area contributed by atoms with Crippen molar-refractivity contribution in [3.63, 3.8) is 0 Å². The number of nitrogens with zero attached hydrogens (tertiary/aromatic N) is 5. The fourth-order valence-electron chi connectivity index (χ4n) is 7.58. The lowest BCUT2D eigenvalue weighted by molar-refractivity contribution is 0.107. The molecule has 0 amide bonds. The molecule has 6 heterocycles. The van der Waals surface area contributed by atoms with Gasteiger partial charge in [0.2, 0.25) is 0 Å². The van der Waals surface area contributed by atoms with Crippen LogP contribution >= 0.6 is 0 Å². The van der Waals surface area contributed by atoms with Crippen LogP contribution in [0.25, 0.3) is 32.9 Å². The lowest BCUT2D eigenvalue weighted by Gasteiger charge is -2.37. The van der Waals surface area contributed by atoms with Crippen LogP contribution in [0.5, 0.6) is 11.8 Å². The number of alkyl halides is 1. The standard InChI is InChI=1S/C34H29F3N6O2/c1-3-24-27(36)7-4-19-8-23(44)9-25(28(19)24)30-29(37)31-26(14-39-30)32(43-21-5-6-22(43)13-38-12-21)41-33(40-31)45-17-34-10-18(2)15-42(34)16-20(35)11-34/h1,4-9,14,20-22,38,44H,2,10-13,15-17H2/t20-,21?,22?,34+/m0/s1. The van der Waals surface area contributed by atoms with Crippen molar-refractivity contribution in [3.05, 3.63) is 72.0 Å². The van der Waals surface area contributed by atoms with Crippen LogP contribution in [0.2, 0.25) is 0 Å². The summed E-state index contributed by atoms with van der Waals surface area (Å²) in [5.74, 6) is 1.22. The zero-order valence-electron chi connectivity index (χ0n) is 24.2. The van der Waals surface area contributed by atoms with E-state index in [-0.39, 0.29) is 58.2 Å². The van der Waals surface area contributed by atoms with Gasteiger partial charge in [-0.05, 0) is 30.0 Å². The maximum absolute atomic E-state index is 16.8. The van der Waals surface area contributed by atoms with Crippen LogP contribution in [0, 0.1) is 24.0 Å². The number of ether oxygens (including phenoxy) is 1. The minimum atomic E-state index is -0.974. The smallest absolute Gasteiger partial charge is 0.319 e. The van der Waals surface area contributed by atoms with Gasteiger partial charge in [0.15, 0.2) is 5.82 Å². The highest BCUT2D eigenvalue weighted by atomic mass is 19.1. The Morgan fingerprint density at radius 1 is 1.18 bits per heavy atom. The first kappa shape index (κ1) is 27.9. The Labute approximate surface area is 257 Å². The van der Waals surface area contributed by atoms with Crippen LogP contribution in [0.3, 0.4) is 0 Å². The van der Waals surface area contributed by atoms with Crippen molar-refractivity contribution in [2.24, 2.45) is 0 Å². The Hall–Kier alpha value is -4.66. The van der Waals surface area contributed by atoms with Gasteiger partial charge in [-0.25, -0.2) is 13.2 Å². The molecule has 4 aliphatic heterocycles. The van der Waals surface area contributed by atoms with E-state index in [9.17, 15) is 13.9 Å². The molecule has 0 spiro atoms. The van der Waals surface area contributed by atoms with Gasteiger partial charge in [0.05, 0.1) is 28.6 Å². The number of benzene rings is 2. The number of fused-ring (bicyclic) bond motifs is 5. The third-order valence-electron chi connectivity index (χ3n) is 9.47. The highest BCUT2D eigenvalue weighted by Gasteiger charge is 2.51. The number of nitrogens with one attached hydrogen (secondary N) is 1. The maximum atomic E-state index is 16.8. The van der Waals surface area contributed by atoms with E-state index >= 15 is 4.39 Å². The predicted octanol–water partition coefficient (Wildman–Crippen LogP) is 4.65. The van der Waals surface area contributed by atoms with Crippen molar-refractivity contribution >= 4 is 27.5 Å². The molecule has 2 bridgehead atoms. The number of phenols is 1. The highest BCUT2D eigenvalue weighted by molar-refractivity contribution is 6.03. The summed E-state index contributed by atoms with van der Waals surface area (Å²) < 4.78 is 52.4. The van der Waals surface area contributed by atoms with Crippen LogP contribution < -0.4 is 15.0 Å². The molecule has 0 saturated carbocycles. The van der Waals surface area contributed by atoms with Gasteiger partial charge in [-0.3, -0.25) is 9.88 Å². The summed E-state index contributed by atoms with van der Waals surface area (Å²) in [4.78, 5) is 18.0. The molecule has 45 heavy (non-hydrogen) atoms. The second-order valence-electron chi connectivity index (χ2n) is 12.4. The summed E-state index contributed by atoms with van der Waals surface area (Å²) >= 11 is 0. The largest absolute Gasteiger partial charge is 0.508 e. The molecule has 8 rings (SSSR count). The van der Waals surface area contributed by atoms with Crippen molar-refractivity contribution in [1.82, 2.24) is 25.2 Å². The maximum Gasteiger partial charge on any atom is 0.319 e. The number of hydrogen-bond donors (Lipinski definition) is 2. The molecule has 2 N–H and O–H groups in total. The van der Waals surface area contributed by atoms with Gasteiger partial charge >= 0.3 is 6.01 Å². The van der Waals surface area contributed by atoms with Gasteiger partial charge in [0.25, 0.3) is 0 Å². The van der Waals surface area contributed by atoms with Crippen molar-refractivity contribution in [2.75, 3.05) is 37.7 Å². The van der Waals surface area contributed by atoms with E-state index in [2.05, 4.69) is 49.7 Å². The first-order chi connectivity index (χ1) is 21.7. The average Bonchev–Trinajstić information content (AvgIpc) is 3.57. The van der Waals surface area contributed by atoms with Gasteiger partial charge in [-0.15, -0.1) is 6.42 Å². The molecule has 228 valence electrons. The van der Waals surface area contributed by atoms with Crippen LogP contribution in [0.1, 0.15) is 18.4 Å². The third kappa shape index (κ3) is 4.35. The molecule has 8 nitrogen and oxygen atoms in total. The number of phenolic OH excluding ortho intramolecular Hbond substituents is 1. The van der Waals surface area contributed by atoms with Gasteiger partial charge in [0.1, 0.15) is 41.4 Å². The van der Waals surface area contributed by atoms with Crippen molar-refractivity contribution < 1.29 is 23.0 Å². The average molecular weight is 611 g/mol. The molecular formula is C34H29F3N6O2. The zero-order valence-corrected chi connectivity index (χ0v) is 24.2. The molecule has 3 saturated heterocycles. The number of anilines is 1. The number of rotatable bonds is 5. The van der Waals surface area contributed by atoms with E-state index in [0.29, 0.717) is 55.6 Å². The zero-order chi connectivity index (χ0) is 31.0. The molecule has 3 fully saturated rings. The molecule has 2 aromatic carbocycles. The van der Waals surface area contributed by atoms with Crippen LogP contribution in [0.15, 0.2) is 54.8 Å². The lowest BCUT2D eigenvalue weighted by atomic mass is 9.93. The number of aromatic hydroxyl groups is 1. The molecule has 0 radical (unpaired) electrons. The first-order valence-electron chi connectivity index (χ1n) is 14.9. The third-order valence-corrected chi connectivity index (χ3v) is 9.47. The molecule has 4 atom stereocenters. The van der Waals surface area contributed by atoms with Gasteiger partial charge in [-0.2, -0.15) is 9.97 Å². The summed E-state index contributed by atoms with van der Waals surface area (Å²) in [5, 5.41) is 15.0. The van der Waals surface area contributed by atoms with E-state index in [4.69, 9.17) is 16.1 Å². The summed E-state index contributed by atoms with van der Waals surface area (Å²) in [6.07, 6.45) is 11.3. The van der Waals surface area contributed by atoms with Gasteiger partial charge in [-0.1, -0.05) is 36.3 Å². The van der Waals surface area contributed by atoms with E-state index in [1.807, 2.05) is 0 Å². The van der Waals surface area contributed by atoms with Crippen molar-refractivity contribution in [3.8, 4) is 35.4 Å². The molecule has 2 aromatic heterocycles. The number of pyridine rings is 1. The Kier molecular flexibility index (Phi) is 6.31. The van der Waals surface area contributed by atoms with E-state index in [0.717, 1.165) is 5.57 Å². The Balaban J connectivity index is 1.29. The molecule has 4 aromatic rings. The predicted molar refractivity (Wildman–Crippen MR) is 165 cm³/mol. The fraction of sp³-hybridized carbons (Fsp3) is 0.324. The molecule has 11 heteroatoms. The van der Waals surface area contributed by atoms with Crippen molar-refractivity contribution in [2.45, 2.75) is 36.6 Å². The fourth-order valence-corrected chi connectivity index (χ4v) is 7.58. The number of halogens is 3. The second-order valence-corrected chi connectivity index (χ2v) is 12.4. The summed E-state index contributed by atoms with van der Waals surface area (Å²) in [6.45, 7) is 6.50. The van der Waals surface area contributed by atoms with Gasteiger partial charge < -0.3 is 20.1 Å². The SMILES string of the molecule is C#Cc1c(F)ccc2cc(O)cc(-c3ncc4c(N5C6C=CC5CNC6)nc(OC[C@]56CC(=C)CN5C[C@@H](F)C6)nc4c3F)c12. The molecule has 2 unspecified atom stereocenters.